The van der Waals surface area contributed by atoms with Crippen LogP contribution in [-0.2, 0) is 21.1 Å². The average Bonchev–Trinajstić information content (AvgIpc) is 3.56. The number of H-pyrrole nitrogens is 2. The molecule has 6 nitrogen and oxygen atoms in total. The molecule has 4 heterocycles. The number of benzene rings is 2. The van der Waals surface area contributed by atoms with E-state index in [9.17, 15) is 0 Å². The fourth-order valence-corrected chi connectivity index (χ4v) is 3.78. The van der Waals surface area contributed by atoms with Crippen molar-refractivity contribution in [2.75, 3.05) is 22.9 Å². The number of nitrogens with zero attached hydrogens (tertiary/aromatic N) is 4. The van der Waals surface area contributed by atoms with Gasteiger partial charge in [-0.25, -0.2) is 0 Å². The first-order chi connectivity index (χ1) is 14.8. The number of rotatable bonds is 5. The van der Waals surface area contributed by atoms with Gasteiger partial charge in [-0.2, -0.15) is 36.2 Å². The predicted molar refractivity (Wildman–Crippen MR) is 120 cm³/mol. The number of fused-ring (bicyclic) bond motifs is 2. The summed E-state index contributed by atoms with van der Waals surface area (Å²) in [5.41, 5.74) is 2.19. The van der Waals surface area contributed by atoms with Crippen molar-refractivity contribution in [2.24, 2.45) is 0 Å². The number of hydrogen-bond donors (Lipinski definition) is 2. The normalized spacial score (nSPS) is 15.6. The Morgan fingerprint density at radius 3 is 1.55 bits per heavy atom. The van der Waals surface area contributed by atoms with Crippen LogP contribution < -0.4 is 9.80 Å². The smallest absolute Gasteiger partial charge is 0.506 e. The second kappa shape index (κ2) is 8.20. The van der Waals surface area contributed by atoms with E-state index in [1.807, 2.05) is 24.3 Å². The van der Waals surface area contributed by atoms with Crippen molar-refractivity contribution in [3.8, 4) is 0 Å². The molecule has 0 fully saturated rings. The van der Waals surface area contributed by atoms with Gasteiger partial charge in [0.2, 0.25) is 0 Å². The minimum Gasteiger partial charge on any atom is -0.506 e. The molecule has 156 valence electrons. The van der Waals surface area contributed by atoms with Gasteiger partial charge in [-0.15, -0.1) is 24.3 Å². The zero-order valence-corrected chi connectivity index (χ0v) is 18.9. The summed E-state index contributed by atoms with van der Waals surface area (Å²) in [5.74, 6) is 1.89. The molecule has 2 aromatic carbocycles. The summed E-state index contributed by atoms with van der Waals surface area (Å²) in [6, 6.07) is 23.2. The van der Waals surface area contributed by atoms with Gasteiger partial charge in [0.1, 0.15) is 0 Å². The Labute approximate surface area is 195 Å². The van der Waals surface area contributed by atoms with Gasteiger partial charge in [0.15, 0.2) is 0 Å². The summed E-state index contributed by atoms with van der Waals surface area (Å²) >= 11 is 0. The summed E-state index contributed by atoms with van der Waals surface area (Å²) in [7, 11) is 0. The fourth-order valence-electron chi connectivity index (χ4n) is 3.78. The maximum atomic E-state index is 3.41. The topological polar surface area (TPSA) is 44.5 Å². The molecule has 0 unspecified atom stereocenters. The van der Waals surface area contributed by atoms with Gasteiger partial charge in [-0.1, -0.05) is 35.3 Å². The van der Waals surface area contributed by atoms with Gasteiger partial charge >= 0.3 is 21.1 Å². The first-order valence-electron chi connectivity index (χ1n) is 9.97. The minimum atomic E-state index is 0. The summed E-state index contributed by atoms with van der Waals surface area (Å²) in [4.78, 5) is 15.3. The monoisotopic (exact) mass is 587 g/mol. The number of nitrogens with one attached hydrogen (secondary N) is 2. The van der Waals surface area contributed by atoms with Crippen molar-refractivity contribution in [2.45, 2.75) is 0 Å². The first kappa shape index (κ1) is 19.8. The Hall–Kier alpha value is -3.11. The van der Waals surface area contributed by atoms with E-state index in [-0.39, 0.29) is 21.1 Å². The van der Waals surface area contributed by atoms with Crippen molar-refractivity contribution in [3.05, 3.63) is 98.8 Å². The van der Waals surface area contributed by atoms with Crippen LogP contribution in [0.5, 0.6) is 0 Å². The Balaban J connectivity index is 0.00000204. The Kier molecular flexibility index (Phi) is 5.24. The molecule has 0 atom stereocenters. The third-order valence-electron chi connectivity index (χ3n) is 5.38. The molecule has 0 radical (unpaired) electrons. The van der Waals surface area contributed by atoms with E-state index >= 15 is 0 Å². The quantitative estimate of drug-likeness (QED) is 0.341. The van der Waals surface area contributed by atoms with E-state index in [0.29, 0.717) is 0 Å². The van der Waals surface area contributed by atoms with Crippen LogP contribution in [0.2, 0.25) is 0 Å². The molecule has 2 aliphatic rings. The van der Waals surface area contributed by atoms with Crippen LogP contribution in [0.1, 0.15) is 0 Å². The van der Waals surface area contributed by atoms with E-state index in [4.69, 9.17) is 0 Å². The molecule has 2 aliphatic heterocycles. The van der Waals surface area contributed by atoms with Gasteiger partial charge in [0.05, 0.1) is 0 Å². The van der Waals surface area contributed by atoms with Crippen LogP contribution >= 0.6 is 0 Å². The molecule has 31 heavy (non-hydrogen) atoms. The molecule has 0 spiro atoms. The van der Waals surface area contributed by atoms with Crippen LogP contribution in [0.15, 0.2) is 73.3 Å². The van der Waals surface area contributed by atoms with E-state index in [1.165, 1.54) is 0 Å². The Bertz CT molecular complexity index is 1090. The fraction of sp³-hybridized carbons (Fsp3) is 0.0833. The number of para-hydroxylation sites is 2. The van der Waals surface area contributed by atoms with Crippen molar-refractivity contribution in [1.82, 2.24) is 19.8 Å². The average molecular weight is 588 g/mol. The third kappa shape index (κ3) is 3.84. The van der Waals surface area contributed by atoms with Crippen molar-refractivity contribution in [3.63, 3.8) is 0 Å². The molecule has 2 N–H and O–H groups in total. The molecule has 0 bridgehead atoms. The molecule has 0 saturated heterocycles. The van der Waals surface area contributed by atoms with Gasteiger partial charge in [0, 0.05) is 24.7 Å². The molecule has 2 aromatic heterocycles. The van der Waals surface area contributed by atoms with E-state index < -0.39 is 0 Å². The number of hydrogen-bond acceptors (Lipinski definition) is 4. The van der Waals surface area contributed by atoms with Gasteiger partial charge in [-0.05, 0) is 24.8 Å². The molecule has 7 heteroatoms. The molecule has 6 rings (SSSR count). The molecule has 0 saturated carbocycles. The minimum absolute atomic E-state index is 0. The zero-order chi connectivity index (χ0) is 19.9. The summed E-state index contributed by atoms with van der Waals surface area (Å²) in [6.07, 6.45) is 8.28. The Morgan fingerprint density at radius 1 is 0.645 bits per heavy atom. The van der Waals surface area contributed by atoms with Crippen LogP contribution in [0, 0.1) is 25.5 Å². The second-order valence-electron chi connectivity index (χ2n) is 7.41. The molecular weight excluding hydrogens is 567 g/mol. The molecule has 4 aromatic rings. The molecule has 0 aliphatic carbocycles. The Morgan fingerprint density at radius 2 is 1.10 bits per heavy atom. The third-order valence-corrected chi connectivity index (χ3v) is 5.38. The summed E-state index contributed by atoms with van der Waals surface area (Å²) in [6.45, 7) is 5.92. The maximum absolute atomic E-state index is 3.41. The zero-order valence-electron chi connectivity index (χ0n) is 16.6. The SMILES string of the molecule is [Pt+4].[c-]1c(N2C=CN(CCN3C=CN(c4[c-]c5ccccc5[nH]4)[CH-]3)[CH-]2)[nH]c2ccccc12. The number of aromatic nitrogens is 2. The molecular formula is C24H20N6Pt. The van der Waals surface area contributed by atoms with E-state index in [0.717, 1.165) is 46.5 Å². The van der Waals surface area contributed by atoms with Crippen molar-refractivity contribution in [1.29, 1.82) is 0 Å². The van der Waals surface area contributed by atoms with Crippen LogP contribution in [0.3, 0.4) is 0 Å². The van der Waals surface area contributed by atoms with Crippen LogP contribution in [0.25, 0.3) is 21.8 Å². The van der Waals surface area contributed by atoms with E-state index in [1.54, 1.807) is 0 Å². The largest absolute Gasteiger partial charge is 4.00 e. The molecule has 0 amide bonds. The van der Waals surface area contributed by atoms with Gasteiger partial charge in [-0.3, -0.25) is 0 Å². The van der Waals surface area contributed by atoms with Crippen LogP contribution in [0.4, 0.5) is 11.6 Å². The summed E-state index contributed by atoms with van der Waals surface area (Å²) in [5, 5.41) is 2.19. The van der Waals surface area contributed by atoms with Crippen molar-refractivity contribution < 1.29 is 21.1 Å². The summed E-state index contributed by atoms with van der Waals surface area (Å²) < 4.78 is 0. The van der Waals surface area contributed by atoms with E-state index in [2.05, 4.69) is 104 Å². The standard InChI is InChI=1S/C24H20N6.Pt/c1-3-7-21-19(5-1)15-23(25-21)29-13-11-27(17-29)9-10-28-12-14-30(18-28)24-16-20-6-2-4-8-22(20)26-24;/h1-8,11-14,17-18,25-26H,9-10H2;/q-4;+4. The van der Waals surface area contributed by atoms with Crippen LogP contribution in [-0.4, -0.2) is 32.9 Å². The predicted octanol–water partition coefficient (Wildman–Crippen LogP) is 4.37. The van der Waals surface area contributed by atoms with Crippen molar-refractivity contribution >= 4 is 33.4 Å². The van der Waals surface area contributed by atoms with Gasteiger partial charge in [0.25, 0.3) is 0 Å². The van der Waals surface area contributed by atoms with Gasteiger partial charge < -0.3 is 29.6 Å². The maximum Gasteiger partial charge on any atom is 4.00 e. The first-order valence-corrected chi connectivity index (χ1v) is 9.97. The second-order valence-corrected chi connectivity index (χ2v) is 7.41. The number of aromatic amines is 2. The number of anilines is 2.